The van der Waals surface area contributed by atoms with Gasteiger partial charge in [0.2, 0.25) is 0 Å². The van der Waals surface area contributed by atoms with Crippen molar-refractivity contribution in [1.29, 1.82) is 31.6 Å². The molecule has 11 heteroatoms. The summed E-state index contributed by atoms with van der Waals surface area (Å²) in [6.45, 7) is 0. The summed E-state index contributed by atoms with van der Waals surface area (Å²) in [7, 11) is 0. The van der Waals surface area contributed by atoms with Gasteiger partial charge in [-0.15, -0.1) is 0 Å². The number of alkyl halides is 3. The third-order valence-electron chi connectivity index (χ3n) is 15.5. The number of hydrogen-bond donors (Lipinski definition) is 0. The van der Waals surface area contributed by atoms with Crippen LogP contribution in [0.1, 0.15) is 38.9 Å². The molecule has 390 valence electrons. The van der Waals surface area contributed by atoms with Crippen LogP contribution in [0.2, 0.25) is 0 Å². The van der Waals surface area contributed by atoms with Gasteiger partial charge < -0.3 is 9.13 Å². The molecular weight excluding hydrogens is 1050 g/mol. The Morgan fingerprint density at radius 3 is 0.917 bits per heavy atom. The SMILES string of the molecule is N#Cc1cccc(-c2ccc3c(c2)c2cc(-c4cccc(C#N)c4)ccc2n3-c2ccc(C#N)cc2-c2cc(-c3ccc(C#N)cc3C(F)(F)F)ccc2-n2c3ccc(-c4cccc(C#N)c4)cc3c3cc(-c4cccc(C#N)c4)ccc32)c1. The van der Waals surface area contributed by atoms with E-state index < -0.39 is 11.7 Å². The first-order valence-corrected chi connectivity index (χ1v) is 26.5. The fraction of sp³-hybridized carbons (Fsp3) is 0.0137. The molecule has 2 heterocycles. The van der Waals surface area contributed by atoms with E-state index in [1.807, 2.05) is 133 Å². The van der Waals surface area contributed by atoms with Gasteiger partial charge in [0.1, 0.15) is 0 Å². The van der Waals surface area contributed by atoms with Crippen LogP contribution in [0.4, 0.5) is 13.2 Å². The van der Waals surface area contributed by atoms with Crippen LogP contribution in [0.15, 0.2) is 224 Å². The van der Waals surface area contributed by atoms with Crippen LogP contribution in [0.3, 0.4) is 0 Å². The molecule has 13 rings (SSSR count). The molecule has 0 aliphatic rings. The number of aromatic nitrogens is 2. The Morgan fingerprint density at radius 2 is 0.560 bits per heavy atom. The molecule has 0 aliphatic carbocycles. The van der Waals surface area contributed by atoms with Gasteiger partial charge in [-0.1, -0.05) is 84.9 Å². The van der Waals surface area contributed by atoms with E-state index in [2.05, 4.69) is 63.7 Å². The number of nitrogens with zero attached hydrogens (tertiary/aromatic N) is 8. The second-order valence-electron chi connectivity index (χ2n) is 20.3. The van der Waals surface area contributed by atoms with E-state index in [0.717, 1.165) is 94.2 Å². The third-order valence-corrected chi connectivity index (χ3v) is 15.5. The van der Waals surface area contributed by atoms with Gasteiger partial charge in [-0.3, -0.25) is 0 Å². The zero-order valence-corrected chi connectivity index (χ0v) is 44.1. The maximum Gasteiger partial charge on any atom is 0.417 e. The Morgan fingerprint density at radius 1 is 0.262 bits per heavy atom. The molecule has 0 radical (unpaired) electrons. The van der Waals surface area contributed by atoms with E-state index in [9.17, 15) is 31.6 Å². The average Bonchev–Trinajstić information content (AvgIpc) is 1.98. The Labute approximate surface area is 479 Å². The highest BCUT2D eigenvalue weighted by atomic mass is 19.4. The topological polar surface area (TPSA) is 153 Å². The summed E-state index contributed by atoms with van der Waals surface area (Å²) < 4.78 is 50.1. The van der Waals surface area contributed by atoms with Crippen LogP contribution in [0, 0.1) is 68.0 Å². The second-order valence-corrected chi connectivity index (χ2v) is 20.3. The van der Waals surface area contributed by atoms with Crippen molar-refractivity contribution in [1.82, 2.24) is 9.13 Å². The van der Waals surface area contributed by atoms with Gasteiger partial charge in [0, 0.05) is 32.7 Å². The Hall–Kier alpha value is -12.3. The molecule has 0 spiro atoms. The molecule has 8 nitrogen and oxygen atoms in total. The first-order valence-electron chi connectivity index (χ1n) is 26.5. The van der Waals surface area contributed by atoms with Crippen LogP contribution in [0.5, 0.6) is 0 Å². The lowest BCUT2D eigenvalue weighted by Crippen LogP contribution is -2.08. The molecular formula is C73H37F3N8. The summed E-state index contributed by atoms with van der Waals surface area (Å²) in [4.78, 5) is 0. The van der Waals surface area contributed by atoms with Gasteiger partial charge in [0.25, 0.3) is 0 Å². The van der Waals surface area contributed by atoms with Crippen LogP contribution in [0.25, 0.3) is 122 Å². The molecule has 84 heavy (non-hydrogen) atoms. The molecule has 0 bridgehead atoms. The quantitative estimate of drug-likeness (QED) is 0.148. The van der Waals surface area contributed by atoms with E-state index in [1.54, 1.807) is 54.6 Å². The van der Waals surface area contributed by atoms with Crippen molar-refractivity contribution < 1.29 is 13.2 Å². The number of rotatable bonds is 8. The number of fused-ring (bicyclic) bond motifs is 6. The number of nitriles is 6. The Kier molecular flexibility index (Phi) is 12.5. The highest BCUT2D eigenvalue weighted by molar-refractivity contribution is 6.14. The van der Waals surface area contributed by atoms with Crippen molar-refractivity contribution >= 4 is 43.6 Å². The minimum absolute atomic E-state index is 0.150. The van der Waals surface area contributed by atoms with Gasteiger partial charge in [0.05, 0.1) is 109 Å². The molecule has 0 fully saturated rings. The van der Waals surface area contributed by atoms with E-state index in [-0.39, 0.29) is 22.3 Å². The molecule has 0 unspecified atom stereocenters. The fourth-order valence-electron chi connectivity index (χ4n) is 11.6. The maximum atomic E-state index is 15.3. The zero-order valence-electron chi connectivity index (χ0n) is 44.1. The number of benzene rings is 11. The monoisotopic (exact) mass is 1080 g/mol. The summed E-state index contributed by atoms with van der Waals surface area (Å²) in [6, 6.07) is 80.8. The first-order chi connectivity index (χ1) is 40.9. The molecule has 2 aromatic heterocycles. The molecule has 0 N–H and O–H groups in total. The fourth-order valence-corrected chi connectivity index (χ4v) is 11.6. The van der Waals surface area contributed by atoms with Crippen molar-refractivity contribution in [3.8, 4) is 115 Å². The van der Waals surface area contributed by atoms with Gasteiger partial charge in [-0.2, -0.15) is 44.7 Å². The third kappa shape index (κ3) is 8.87. The largest absolute Gasteiger partial charge is 0.417 e. The average molecular weight is 1080 g/mol. The summed E-state index contributed by atoms with van der Waals surface area (Å²) in [6.07, 6.45) is -4.85. The zero-order chi connectivity index (χ0) is 57.8. The van der Waals surface area contributed by atoms with Gasteiger partial charge in [-0.25, -0.2) is 0 Å². The Bertz CT molecular complexity index is 5000. The van der Waals surface area contributed by atoms with Gasteiger partial charge in [0.15, 0.2) is 0 Å². The van der Waals surface area contributed by atoms with E-state index in [4.69, 9.17) is 0 Å². The first kappa shape index (κ1) is 51.2. The normalized spacial score (nSPS) is 11.2. The number of halogens is 3. The summed E-state index contributed by atoms with van der Waals surface area (Å²) >= 11 is 0. The summed E-state index contributed by atoms with van der Waals surface area (Å²) in [5.41, 5.74) is 13.0. The molecule has 11 aromatic carbocycles. The number of hydrogen-bond acceptors (Lipinski definition) is 6. The standard InChI is InChI=1S/C73H37F3N8/c74-73(75,76)66-32-49(43-82)13-20-59(66)58-19-26-72(84-70-24-17-56(52-11-3-7-46(29-52)40-79)35-63(70)64-36-57(18-25-71(64)84)53-12-4-8-47(30-53)41-80)65(37-58)60-31-48(42-81)14-21-67(60)83-68-22-15-54(50-9-1-5-44(27-50)38-77)33-61(68)62-34-55(16-23-69(62)83)51-10-2-6-45(28-51)39-78/h1-37H. The van der Waals surface area contributed by atoms with Crippen LogP contribution < -0.4 is 0 Å². The van der Waals surface area contributed by atoms with Crippen LogP contribution >= 0.6 is 0 Å². The highest BCUT2D eigenvalue weighted by Gasteiger charge is 2.35. The lowest BCUT2D eigenvalue weighted by atomic mass is 9.92. The molecule has 0 saturated carbocycles. The molecule has 0 atom stereocenters. The maximum absolute atomic E-state index is 15.3. The van der Waals surface area contributed by atoms with Gasteiger partial charge in [-0.05, 0) is 195 Å². The van der Waals surface area contributed by atoms with Crippen LogP contribution in [-0.4, -0.2) is 9.13 Å². The minimum Gasteiger partial charge on any atom is -0.309 e. The van der Waals surface area contributed by atoms with Crippen molar-refractivity contribution in [3.63, 3.8) is 0 Å². The lowest BCUT2D eigenvalue weighted by molar-refractivity contribution is -0.137. The van der Waals surface area contributed by atoms with Crippen molar-refractivity contribution in [2.24, 2.45) is 0 Å². The van der Waals surface area contributed by atoms with Crippen molar-refractivity contribution in [2.75, 3.05) is 0 Å². The van der Waals surface area contributed by atoms with E-state index >= 15 is 13.2 Å². The van der Waals surface area contributed by atoms with Crippen molar-refractivity contribution in [3.05, 3.63) is 263 Å². The predicted molar refractivity (Wildman–Crippen MR) is 321 cm³/mol. The van der Waals surface area contributed by atoms with Gasteiger partial charge >= 0.3 is 6.18 Å². The molecule has 0 saturated heterocycles. The summed E-state index contributed by atoms with van der Waals surface area (Å²) in [5.74, 6) is 0. The van der Waals surface area contributed by atoms with E-state index in [0.29, 0.717) is 44.8 Å². The molecule has 0 aliphatic heterocycles. The van der Waals surface area contributed by atoms with Crippen LogP contribution in [-0.2, 0) is 6.18 Å². The molecule has 13 aromatic rings. The lowest BCUT2D eigenvalue weighted by Gasteiger charge is -2.21. The van der Waals surface area contributed by atoms with E-state index in [1.165, 1.54) is 12.1 Å². The smallest absolute Gasteiger partial charge is 0.309 e. The predicted octanol–water partition coefficient (Wildman–Crippen LogP) is 18.1. The highest BCUT2D eigenvalue weighted by Crippen LogP contribution is 2.47. The van der Waals surface area contributed by atoms with Crippen molar-refractivity contribution in [2.45, 2.75) is 6.18 Å². The minimum atomic E-state index is -4.85. The Balaban J connectivity index is 1.13. The molecule has 0 amide bonds. The summed E-state index contributed by atoms with van der Waals surface area (Å²) in [5, 5.41) is 63.5. The second kappa shape index (κ2) is 20.4.